The average Bonchev–Trinajstić information content (AvgIpc) is 3.11. The molecule has 0 saturated carbocycles. The number of nitrogens with one attached hydrogen (secondary N) is 2. The highest BCUT2D eigenvalue weighted by molar-refractivity contribution is 7.14. The molecule has 7 nitrogen and oxygen atoms in total. The van der Waals surface area contributed by atoms with Gasteiger partial charge in [0.25, 0.3) is 11.8 Å². The normalized spacial score (nSPS) is 15.6. The van der Waals surface area contributed by atoms with Gasteiger partial charge < -0.3 is 10.1 Å². The fraction of sp³-hybridized carbons (Fsp3) is 0.111. The monoisotopic (exact) mass is 366 g/mol. The Bertz CT molecular complexity index is 987. The van der Waals surface area contributed by atoms with Crippen LogP contribution in [-0.2, 0) is 4.79 Å². The van der Waals surface area contributed by atoms with E-state index in [9.17, 15) is 9.59 Å². The molecule has 4 rings (SSSR count). The number of benzene rings is 1. The van der Waals surface area contributed by atoms with Gasteiger partial charge >= 0.3 is 0 Å². The smallest absolute Gasteiger partial charge is 0.265 e. The number of hydrogen-bond acceptors (Lipinski definition) is 6. The molecule has 0 bridgehead atoms. The molecule has 1 aromatic carbocycles. The molecule has 0 aliphatic carbocycles. The summed E-state index contributed by atoms with van der Waals surface area (Å²) in [7, 11) is 0. The van der Waals surface area contributed by atoms with E-state index in [1.165, 1.54) is 11.3 Å². The van der Waals surface area contributed by atoms with Crippen molar-refractivity contribution in [1.82, 2.24) is 9.97 Å². The molecule has 130 valence electrons. The lowest BCUT2D eigenvalue weighted by Gasteiger charge is -2.23. The van der Waals surface area contributed by atoms with Crippen molar-refractivity contribution < 1.29 is 14.3 Å². The zero-order valence-corrected chi connectivity index (χ0v) is 14.5. The Kier molecular flexibility index (Phi) is 4.10. The molecule has 0 fully saturated rings. The third-order valence-electron chi connectivity index (χ3n) is 3.87. The number of amides is 2. The Balaban J connectivity index is 1.54. The molecule has 1 atom stereocenters. The van der Waals surface area contributed by atoms with E-state index in [0.717, 1.165) is 5.56 Å². The molecular weight excluding hydrogens is 352 g/mol. The van der Waals surface area contributed by atoms with Crippen LogP contribution in [0.4, 0.5) is 10.8 Å². The lowest BCUT2D eigenvalue weighted by molar-refractivity contribution is -0.122. The standard InChI is InChI=1S/C18H14N4O3S/c1-10-16(23)20-13-8-12(2-3-15(13)25-10)14-9-26-18(21-14)22-17(24)11-4-6-19-7-5-11/h2-10H,1H3,(H,20,23)(H,21,22,24)/t10-/m1/s1. The largest absolute Gasteiger partial charge is 0.479 e. The highest BCUT2D eigenvalue weighted by Gasteiger charge is 2.24. The summed E-state index contributed by atoms with van der Waals surface area (Å²) in [6.45, 7) is 1.70. The van der Waals surface area contributed by atoms with Gasteiger partial charge in [-0.05, 0) is 37.3 Å². The second-order valence-corrected chi connectivity index (χ2v) is 6.55. The van der Waals surface area contributed by atoms with Gasteiger partial charge in [0.2, 0.25) is 0 Å². The lowest BCUT2D eigenvalue weighted by atomic mass is 10.1. The topological polar surface area (TPSA) is 93.2 Å². The first-order valence-corrected chi connectivity index (χ1v) is 8.77. The molecular formula is C18H14N4O3S. The maximum absolute atomic E-state index is 12.2. The van der Waals surface area contributed by atoms with E-state index in [-0.39, 0.29) is 11.8 Å². The van der Waals surface area contributed by atoms with Crippen molar-refractivity contribution in [1.29, 1.82) is 0 Å². The number of ether oxygens (including phenoxy) is 1. The summed E-state index contributed by atoms with van der Waals surface area (Å²) < 4.78 is 5.55. The molecule has 1 aliphatic heterocycles. The molecule has 26 heavy (non-hydrogen) atoms. The molecule has 2 N–H and O–H groups in total. The second-order valence-electron chi connectivity index (χ2n) is 5.69. The SMILES string of the molecule is C[C@H]1Oc2ccc(-c3csc(NC(=O)c4ccncc4)n3)cc2NC1=O. The molecule has 2 aromatic heterocycles. The minimum absolute atomic E-state index is 0.182. The lowest BCUT2D eigenvalue weighted by Crippen LogP contribution is -2.34. The maximum atomic E-state index is 12.2. The highest BCUT2D eigenvalue weighted by atomic mass is 32.1. The third kappa shape index (κ3) is 3.14. The molecule has 2 amide bonds. The second kappa shape index (κ2) is 6.57. The number of carbonyl (C=O) groups is 2. The third-order valence-corrected chi connectivity index (χ3v) is 4.63. The molecule has 3 aromatic rings. The molecule has 8 heteroatoms. The van der Waals surface area contributed by atoms with Crippen molar-refractivity contribution in [2.75, 3.05) is 10.6 Å². The van der Waals surface area contributed by atoms with Crippen molar-refractivity contribution in [3.63, 3.8) is 0 Å². The summed E-state index contributed by atoms with van der Waals surface area (Å²) in [5.41, 5.74) is 2.65. The van der Waals surface area contributed by atoms with E-state index in [0.29, 0.717) is 27.8 Å². The number of aromatic nitrogens is 2. The van der Waals surface area contributed by atoms with Gasteiger partial charge in [0.05, 0.1) is 11.4 Å². The number of rotatable bonds is 3. The van der Waals surface area contributed by atoms with Gasteiger partial charge in [-0.3, -0.25) is 19.9 Å². The van der Waals surface area contributed by atoms with Crippen LogP contribution in [0.5, 0.6) is 5.75 Å². The van der Waals surface area contributed by atoms with E-state index in [1.807, 2.05) is 17.5 Å². The van der Waals surface area contributed by atoms with Crippen LogP contribution in [0.2, 0.25) is 0 Å². The van der Waals surface area contributed by atoms with Gasteiger partial charge in [-0.2, -0.15) is 0 Å². The zero-order valence-electron chi connectivity index (χ0n) is 13.7. The molecule has 3 heterocycles. The van der Waals surface area contributed by atoms with Gasteiger partial charge in [-0.1, -0.05) is 0 Å². The van der Waals surface area contributed by atoms with E-state index >= 15 is 0 Å². The van der Waals surface area contributed by atoms with Gasteiger partial charge in [0.15, 0.2) is 11.2 Å². The predicted octanol–water partition coefficient (Wildman–Crippen LogP) is 3.18. The Morgan fingerprint density at radius 3 is 2.88 bits per heavy atom. The highest BCUT2D eigenvalue weighted by Crippen LogP contribution is 2.34. The summed E-state index contributed by atoms with van der Waals surface area (Å²) in [5, 5.41) is 7.93. The van der Waals surface area contributed by atoms with Crippen LogP contribution in [0.25, 0.3) is 11.3 Å². The van der Waals surface area contributed by atoms with E-state index < -0.39 is 6.10 Å². The van der Waals surface area contributed by atoms with Crippen molar-refractivity contribution in [2.24, 2.45) is 0 Å². The van der Waals surface area contributed by atoms with Gasteiger partial charge in [0.1, 0.15) is 5.75 Å². The zero-order chi connectivity index (χ0) is 18.1. The minimum atomic E-state index is -0.511. The number of carbonyl (C=O) groups excluding carboxylic acids is 2. The summed E-state index contributed by atoms with van der Waals surface area (Å²) in [5.74, 6) is 0.203. The summed E-state index contributed by atoms with van der Waals surface area (Å²) in [6.07, 6.45) is 2.61. The summed E-state index contributed by atoms with van der Waals surface area (Å²) >= 11 is 1.33. The number of pyridine rings is 1. The van der Waals surface area contributed by atoms with Crippen molar-refractivity contribution in [2.45, 2.75) is 13.0 Å². The van der Waals surface area contributed by atoms with Crippen LogP contribution in [0.3, 0.4) is 0 Å². The number of nitrogens with zero attached hydrogens (tertiary/aromatic N) is 2. The van der Waals surface area contributed by atoms with E-state index in [4.69, 9.17) is 4.74 Å². The first kappa shape index (κ1) is 16.2. The Hall–Kier alpha value is -3.26. The van der Waals surface area contributed by atoms with Crippen LogP contribution >= 0.6 is 11.3 Å². The molecule has 0 spiro atoms. The summed E-state index contributed by atoms with van der Waals surface area (Å²) in [4.78, 5) is 32.3. The first-order valence-electron chi connectivity index (χ1n) is 7.89. The molecule has 0 saturated heterocycles. The Morgan fingerprint density at radius 1 is 1.27 bits per heavy atom. The van der Waals surface area contributed by atoms with Crippen LogP contribution in [0, 0.1) is 0 Å². The molecule has 1 aliphatic rings. The van der Waals surface area contributed by atoms with E-state index in [2.05, 4.69) is 20.6 Å². The number of hydrogen-bond donors (Lipinski definition) is 2. The van der Waals surface area contributed by atoms with Gasteiger partial charge in [-0.15, -0.1) is 11.3 Å². The van der Waals surface area contributed by atoms with Crippen molar-refractivity contribution in [3.05, 3.63) is 53.7 Å². The summed E-state index contributed by atoms with van der Waals surface area (Å²) in [6, 6.07) is 8.75. The fourth-order valence-electron chi connectivity index (χ4n) is 2.50. The Labute approximate surface area is 153 Å². The number of thiazole rings is 1. The van der Waals surface area contributed by atoms with Crippen LogP contribution in [0.15, 0.2) is 48.1 Å². The molecule has 0 unspecified atom stereocenters. The van der Waals surface area contributed by atoms with Crippen LogP contribution in [-0.4, -0.2) is 27.9 Å². The fourth-order valence-corrected chi connectivity index (χ4v) is 3.22. The van der Waals surface area contributed by atoms with Crippen molar-refractivity contribution >= 4 is 34.0 Å². The molecule has 0 radical (unpaired) electrons. The van der Waals surface area contributed by atoms with Gasteiger partial charge in [0, 0.05) is 28.9 Å². The van der Waals surface area contributed by atoms with Crippen LogP contribution < -0.4 is 15.4 Å². The predicted molar refractivity (Wildman–Crippen MR) is 98.5 cm³/mol. The average molecular weight is 366 g/mol. The van der Waals surface area contributed by atoms with Gasteiger partial charge in [-0.25, -0.2) is 4.98 Å². The van der Waals surface area contributed by atoms with Crippen molar-refractivity contribution in [3.8, 4) is 17.0 Å². The number of fused-ring (bicyclic) bond motifs is 1. The number of anilines is 2. The first-order chi connectivity index (χ1) is 12.6. The minimum Gasteiger partial charge on any atom is -0.479 e. The maximum Gasteiger partial charge on any atom is 0.265 e. The van der Waals surface area contributed by atoms with Crippen LogP contribution in [0.1, 0.15) is 17.3 Å². The Morgan fingerprint density at radius 2 is 2.08 bits per heavy atom. The van der Waals surface area contributed by atoms with E-state index in [1.54, 1.807) is 37.5 Å². The quantitative estimate of drug-likeness (QED) is 0.743.